The average molecular weight is 360 g/mol. The van der Waals surface area contributed by atoms with E-state index in [2.05, 4.69) is 15.3 Å². The molecular formula is C21H17FN4O. The third kappa shape index (κ3) is 3.17. The van der Waals surface area contributed by atoms with Gasteiger partial charge in [-0.05, 0) is 47.5 Å². The van der Waals surface area contributed by atoms with E-state index in [1.807, 2.05) is 37.4 Å². The Morgan fingerprint density at radius 3 is 2.52 bits per heavy atom. The highest BCUT2D eigenvalue weighted by atomic mass is 19.1. The normalized spacial score (nSPS) is 10.8. The van der Waals surface area contributed by atoms with E-state index in [9.17, 15) is 4.39 Å². The first kappa shape index (κ1) is 16.9. The van der Waals surface area contributed by atoms with E-state index >= 15 is 0 Å². The lowest BCUT2D eigenvalue weighted by atomic mass is 10.0. The highest BCUT2D eigenvalue weighted by Crippen LogP contribution is 2.31. The van der Waals surface area contributed by atoms with Crippen LogP contribution in [-0.4, -0.2) is 29.1 Å². The maximum Gasteiger partial charge on any atom is 0.165 e. The third-order valence-corrected chi connectivity index (χ3v) is 4.34. The molecule has 0 saturated heterocycles. The van der Waals surface area contributed by atoms with Crippen LogP contribution >= 0.6 is 0 Å². The maximum absolute atomic E-state index is 13.7. The van der Waals surface area contributed by atoms with E-state index in [-0.39, 0.29) is 11.6 Å². The van der Waals surface area contributed by atoms with E-state index in [4.69, 9.17) is 9.72 Å². The number of nitrogens with one attached hydrogen (secondary N) is 1. The van der Waals surface area contributed by atoms with Crippen LogP contribution in [0.15, 0.2) is 60.9 Å². The minimum atomic E-state index is -0.388. The second kappa shape index (κ2) is 6.99. The number of anilines is 1. The Labute approximate surface area is 155 Å². The smallest absolute Gasteiger partial charge is 0.165 e. The molecule has 4 aromatic rings. The van der Waals surface area contributed by atoms with E-state index in [1.165, 1.54) is 13.2 Å². The van der Waals surface area contributed by atoms with Gasteiger partial charge in [-0.15, -0.1) is 0 Å². The van der Waals surface area contributed by atoms with Crippen molar-refractivity contribution in [1.29, 1.82) is 0 Å². The molecule has 1 N–H and O–H groups in total. The number of ether oxygens (including phenoxy) is 1. The number of fused-ring (bicyclic) bond motifs is 1. The first-order chi connectivity index (χ1) is 13.2. The van der Waals surface area contributed by atoms with Crippen LogP contribution in [0.3, 0.4) is 0 Å². The molecule has 0 saturated carbocycles. The van der Waals surface area contributed by atoms with Gasteiger partial charge in [-0.1, -0.05) is 12.1 Å². The Bertz CT molecular complexity index is 1120. The molecule has 2 heterocycles. The number of hydrogen-bond donors (Lipinski definition) is 1. The summed E-state index contributed by atoms with van der Waals surface area (Å²) in [5, 5.41) is 4.03. The quantitative estimate of drug-likeness (QED) is 0.579. The third-order valence-electron chi connectivity index (χ3n) is 4.34. The van der Waals surface area contributed by atoms with Gasteiger partial charge in [0.05, 0.1) is 12.6 Å². The summed E-state index contributed by atoms with van der Waals surface area (Å²) in [7, 11) is 3.28. The van der Waals surface area contributed by atoms with Gasteiger partial charge in [-0.2, -0.15) is 0 Å². The van der Waals surface area contributed by atoms with Crippen LogP contribution in [0.2, 0.25) is 0 Å². The summed E-state index contributed by atoms with van der Waals surface area (Å²) in [6.45, 7) is 0. The summed E-state index contributed by atoms with van der Waals surface area (Å²) in [6, 6.07) is 14.5. The number of hydrogen-bond acceptors (Lipinski definition) is 5. The van der Waals surface area contributed by atoms with Crippen LogP contribution in [0.1, 0.15) is 0 Å². The topological polar surface area (TPSA) is 59.9 Å². The second-order valence-corrected chi connectivity index (χ2v) is 5.97. The van der Waals surface area contributed by atoms with Crippen molar-refractivity contribution < 1.29 is 9.13 Å². The molecule has 2 aromatic heterocycles. The monoisotopic (exact) mass is 360 g/mol. The van der Waals surface area contributed by atoms with E-state index < -0.39 is 0 Å². The van der Waals surface area contributed by atoms with Crippen LogP contribution in [0.4, 0.5) is 10.2 Å². The molecule has 0 aliphatic carbocycles. The van der Waals surface area contributed by atoms with Crippen molar-refractivity contribution in [1.82, 2.24) is 15.0 Å². The fourth-order valence-corrected chi connectivity index (χ4v) is 2.96. The molecule has 0 amide bonds. The Morgan fingerprint density at radius 2 is 1.78 bits per heavy atom. The number of halogens is 1. The second-order valence-electron chi connectivity index (χ2n) is 5.97. The molecule has 6 heteroatoms. The van der Waals surface area contributed by atoms with Gasteiger partial charge < -0.3 is 10.1 Å². The zero-order valence-electron chi connectivity index (χ0n) is 14.9. The summed E-state index contributed by atoms with van der Waals surface area (Å²) in [5.74, 6) is 1.15. The van der Waals surface area contributed by atoms with Crippen LogP contribution in [0, 0.1) is 5.82 Å². The van der Waals surface area contributed by atoms with Gasteiger partial charge in [-0.25, -0.2) is 14.4 Å². The molecule has 0 spiro atoms. The number of nitrogens with zero attached hydrogens (tertiary/aromatic N) is 3. The molecular weight excluding hydrogens is 343 g/mol. The maximum atomic E-state index is 13.7. The molecule has 0 unspecified atom stereocenters. The SMILES string of the molecule is CNc1nc(-c2cccnc2)nc2cc(-c3ccc(F)c(OC)c3)ccc12. The van der Waals surface area contributed by atoms with E-state index in [0.29, 0.717) is 5.82 Å². The first-order valence-corrected chi connectivity index (χ1v) is 8.43. The lowest BCUT2D eigenvalue weighted by molar-refractivity contribution is 0.387. The minimum Gasteiger partial charge on any atom is -0.494 e. The standard InChI is InChI=1S/C21H17FN4O/c1-23-21-16-7-5-13(14-6-8-17(22)19(11-14)27-2)10-18(16)25-20(26-21)15-4-3-9-24-12-15/h3-12H,1-2H3,(H,23,25,26). The Hall–Kier alpha value is -3.54. The van der Waals surface area contributed by atoms with E-state index in [1.54, 1.807) is 24.5 Å². The molecule has 5 nitrogen and oxygen atoms in total. The van der Waals surface area contributed by atoms with Crippen molar-refractivity contribution in [3.63, 3.8) is 0 Å². The minimum absolute atomic E-state index is 0.210. The molecule has 27 heavy (non-hydrogen) atoms. The fourth-order valence-electron chi connectivity index (χ4n) is 2.96. The van der Waals surface area contributed by atoms with Crippen molar-refractivity contribution in [3.05, 3.63) is 66.7 Å². The highest BCUT2D eigenvalue weighted by Gasteiger charge is 2.11. The Morgan fingerprint density at radius 1 is 0.963 bits per heavy atom. The van der Waals surface area contributed by atoms with Crippen LogP contribution in [-0.2, 0) is 0 Å². The molecule has 0 radical (unpaired) electrons. The summed E-state index contributed by atoms with van der Waals surface area (Å²) in [4.78, 5) is 13.4. The first-order valence-electron chi connectivity index (χ1n) is 8.43. The molecule has 0 atom stereocenters. The summed E-state index contributed by atoms with van der Waals surface area (Å²) >= 11 is 0. The van der Waals surface area contributed by atoms with Crippen molar-refractivity contribution in [3.8, 4) is 28.3 Å². The van der Waals surface area contributed by atoms with Gasteiger partial charge in [0.1, 0.15) is 5.82 Å². The Balaban J connectivity index is 1.88. The Kier molecular flexibility index (Phi) is 4.38. The lowest BCUT2D eigenvalue weighted by Gasteiger charge is -2.11. The number of rotatable bonds is 4. The molecule has 0 aliphatic heterocycles. The summed E-state index contributed by atoms with van der Waals surface area (Å²) in [6.07, 6.45) is 3.44. The van der Waals surface area contributed by atoms with Crippen LogP contribution < -0.4 is 10.1 Å². The van der Waals surface area contributed by atoms with Crippen LogP contribution in [0.25, 0.3) is 33.4 Å². The molecule has 4 rings (SSSR count). The van der Waals surface area contributed by atoms with E-state index in [0.717, 1.165) is 33.4 Å². The van der Waals surface area contributed by atoms with Crippen LogP contribution in [0.5, 0.6) is 5.75 Å². The number of methoxy groups -OCH3 is 1. The number of aromatic nitrogens is 3. The predicted molar refractivity (Wildman–Crippen MR) is 104 cm³/mol. The zero-order valence-corrected chi connectivity index (χ0v) is 14.9. The van der Waals surface area contributed by atoms with Gasteiger partial charge in [0.25, 0.3) is 0 Å². The van der Waals surface area contributed by atoms with Crippen molar-refractivity contribution in [2.24, 2.45) is 0 Å². The molecule has 2 aromatic carbocycles. The number of benzene rings is 2. The molecule has 0 bridgehead atoms. The zero-order chi connectivity index (χ0) is 18.8. The summed E-state index contributed by atoms with van der Waals surface area (Å²) < 4.78 is 18.8. The summed E-state index contributed by atoms with van der Waals surface area (Å²) in [5.41, 5.74) is 3.39. The van der Waals surface area contributed by atoms with Gasteiger partial charge in [0, 0.05) is 30.4 Å². The molecule has 0 fully saturated rings. The van der Waals surface area contributed by atoms with Gasteiger partial charge in [0.15, 0.2) is 17.4 Å². The van der Waals surface area contributed by atoms with Crippen molar-refractivity contribution >= 4 is 16.7 Å². The van der Waals surface area contributed by atoms with Gasteiger partial charge in [0.2, 0.25) is 0 Å². The largest absolute Gasteiger partial charge is 0.494 e. The average Bonchev–Trinajstić information content (AvgIpc) is 2.73. The predicted octanol–water partition coefficient (Wildman–Crippen LogP) is 4.55. The van der Waals surface area contributed by atoms with Crippen molar-refractivity contribution in [2.45, 2.75) is 0 Å². The van der Waals surface area contributed by atoms with Gasteiger partial charge >= 0.3 is 0 Å². The molecule has 134 valence electrons. The van der Waals surface area contributed by atoms with Crippen molar-refractivity contribution in [2.75, 3.05) is 19.5 Å². The number of pyridine rings is 1. The molecule has 0 aliphatic rings. The highest BCUT2D eigenvalue weighted by molar-refractivity contribution is 5.93. The fraction of sp³-hybridized carbons (Fsp3) is 0.0952. The van der Waals surface area contributed by atoms with Gasteiger partial charge in [-0.3, -0.25) is 4.98 Å². The lowest BCUT2D eigenvalue weighted by Crippen LogP contribution is -1.99.